The van der Waals surface area contributed by atoms with Crippen LogP contribution >= 0.6 is 11.6 Å². The first-order chi connectivity index (χ1) is 11.0. The van der Waals surface area contributed by atoms with Gasteiger partial charge in [-0.3, -0.25) is 14.2 Å². The normalized spacial score (nSPS) is 18.4. The predicted octanol–water partition coefficient (Wildman–Crippen LogP) is 2.52. The number of nitrogens with zero attached hydrogens (tertiary/aromatic N) is 5. The Kier molecular flexibility index (Phi) is 4.43. The van der Waals surface area contributed by atoms with Crippen molar-refractivity contribution in [3.8, 4) is 0 Å². The van der Waals surface area contributed by atoms with Crippen molar-refractivity contribution in [1.82, 2.24) is 24.5 Å². The summed E-state index contributed by atoms with van der Waals surface area (Å²) in [6.07, 6.45) is 5.95. The maximum absolute atomic E-state index is 12.6. The van der Waals surface area contributed by atoms with Crippen molar-refractivity contribution >= 4 is 17.5 Å². The van der Waals surface area contributed by atoms with Gasteiger partial charge in [0, 0.05) is 19.3 Å². The Morgan fingerprint density at radius 2 is 2.17 bits per heavy atom. The summed E-state index contributed by atoms with van der Waals surface area (Å²) in [6, 6.07) is 0.255. The fraction of sp³-hybridized carbons (Fsp3) is 0.562. The van der Waals surface area contributed by atoms with E-state index in [1.54, 1.807) is 4.68 Å². The van der Waals surface area contributed by atoms with Crippen molar-refractivity contribution in [2.45, 2.75) is 46.2 Å². The van der Waals surface area contributed by atoms with E-state index in [0.29, 0.717) is 11.6 Å². The van der Waals surface area contributed by atoms with E-state index in [9.17, 15) is 4.79 Å². The second-order valence-electron chi connectivity index (χ2n) is 6.28. The highest BCUT2D eigenvalue weighted by molar-refractivity contribution is 6.31. The van der Waals surface area contributed by atoms with Crippen LogP contribution in [0, 0.1) is 20.8 Å². The molecular weight excluding hydrogens is 314 g/mol. The first-order valence-electron chi connectivity index (χ1n) is 7.93. The zero-order valence-corrected chi connectivity index (χ0v) is 14.5. The van der Waals surface area contributed by atoms with E-state index < -0.39 is 0 Å². The number of likely N-dealkylation sites (tertiary alicyclic amines) is 1. The van der Waals surface area contributed by atoms with Gasteiger partial charge in [0.25, 0.3) is 0 Å². The highest BCUT2D eigenvalue weighted by Crippen LogP contribution is 2.22. The average Bonchev–Trinajstić information content (AvgIpc) is 3.07. The lowest BCUT2D eigenvalue weighted by atomic mass is 10.1. The molecule has 2 aromatic heterocycles. The van der Waals surface area contributed by atoms with E-state index in [4.69, 9.17) is 11.6 Å². The molecule has 6 nitrogen and oxygen atoms in total. The monoisotopic (exact) mass is 335 g/mol. The van der Waals surface area contributed by atoms with Crippen molar-refractivity contribution in [2.75, 3.05) is 13.1 Å². The Labute approximate surface area is 141 Å². The first-order valence-corrected chi connectivity index (χ1v) is 8.31. The van der Waals surface area contributed by atoms with Crippen LogP contribution in [0.2, 0.25) is 5.02 Å². The summed E-state index contributed by atoms with van der Waals surface area (Å²) in [5, 5.41) is 9.37. The molecule has 1 unspecified atom stereocenters. The summed E-state index contributed by atoms with van der Waals surface area (Å²) in [5.41, 5.74) is 2.75. The number of hydrogen-bond acceptors (Lipinski definition) is 3. The number of rotatable bonds is 3. The summed E-state index contributed by atoms with van der Waals surface area (Å²) >= 11 is 6.15. The third-order valence-electron chi connectivity index (χ3n) is 4.43. The van der Waals surface area contributed by atoms with Crippen LogP contribution < -0.4 is 0 Å². The number of halogens is 1. The molecule has 0 N–H and O–H groups in total. The van der Waals surface area contributed by atoms with Gasteiger partial charge in [-0.1, -0.05) is 11.6 Å². The van der Waals surface area contributed by atoms with Gasteiger partial charge in [-0.15, -0.1) is 0 Å². The van der Waals surface area contributed by atoms with Crippen LogP contribution in [0.4, 0.5) is 0 Å². The van der Waals surface area contributed by atoms with Crippen molar-refractivity contribution < 1.29 is 4.79 Å². The summed E-state index contributed by atoms with van der Waals surface area (Å²) in [6.45, 7) is 7.51. The van der Waals surface area contributed by atoms with Crippen molar-refractivity contribution in [3.05, 3.63) is 34.4 Å². The smallest absolute Gasteiger partial charge is 0.244 e. The van der Waals surface area contributed by atoms with Gasteiger partial charge in [-0.05, 0) is 39.2 Å². The lowest BCUT2D eigenvalue weighted by Gasteiger charge is -2.33. The Balaban J connectivity index is 1.68. The Bertz CT molecular complexity index is 720. The molecule has 0 spiro atoms. The maximum Gasteiger partial charge on any atom is 0.244 e. The number of hydrogen-bond donors (Lipinski definition) is 0. The molecule has 1 fully saturated rings. The quantitative estimate of drug-likeness (QED) is 0.866. The van der Waals surface area contributed by atoms with E-state index >= 15 is 0 Å². The van der Waals surface area contributed by atoms with Crippen LogP contribution in [0.1, 0.15) is 35.8 Å². The Hall–Kier alpha value is -1.82. The van der Waals surface area contributed by atoms with Gasteiger partial charge in [0.1, 0.15) is 6.54 Å². The van der Waals surface area contributed by atoms with Gasteiger partial charge in [0.05, 0.1) is 28.6 Å². The van der Waals surface area contributed by atoms with Crippen molar-refractivity contribution in [2.24, 2.45) is 0 Å². The number of carbonyl (C=O) groups is 1. The number of piperidine rings is 1. The minimum Gasteiger partial charge on any atom is -0.339 e. The van der Waals surface area contributed by atoms with Gasteiger partial charge in [0.2, 0.25) is 5.91 Å². The molecule has 0 aliphatic carbocycles. The largest absolute Gasteiger partial charge is 0.339 e. The van der Waals surface area contributed by atoms with E-state index in [-0.39, 0.29) is 18.5 Å². The summed E-state index contributed by atoms with van der Waals surface area (Å²) in [7, 11) is 0. The second kappa shape index (κ2) is 6.35. The number of aryl methyl sites for hydroxylation is 2. The molecule has 1 amide bonds. The fourth-order valence-corrected chi connectivity index (χ4v) is 3.22. The average molecular weight is 336 g/mol. The molecule has 0 aromatic carbocycles. The zero-order chi connectivity index (χ0) is 16.6. The van der Waals surface area contributed by atoms with Crippen LogP contribution in [-0.4, -0.2) is 43.5 Å². The molecule has 3 heterocycles. The molecule has 0 bridgehead atoms. The van der Waals surface area contributed by atoms with Crippen LogP contribution in [-0.2, 0) is 11.3 Å². The molecule has 1 aliphatic heterocycles. The third-order valence-corrected chi connectivity index (χ3v) is 4.98. The standard InChI is InChI=1S/C16H22ClN5O/c1-11-7-18-22(8-11)14-5-4-6-20(9-14)15(23)10-21-13(3)16(17)12(2)19-21/h7-8,14H,4-6,9-10H2,1-3H3. The van der Waals surface area contributed by atoms with Crippen LogP contribution in [0.15, 0.2) is 12.4 Å². The molecule has 1 saturated heterocycles. The van der Waals surface area contributed by atoms with Crippen molar-refractivity contribution in [1.29, 1.82) is 0 Å². The van der Waals surface area contributed by atoms with Gasteiger partial charge in [0.15, 0.2) is 0 Å². The molecular formula is C16H22ClN5O. The van der Waals surface area contributed by atoms with Crippen LogP contribution in [0.5, 0.6) is 0 Å². The van der Waals surface area contributed by atoms with Crippen molar-refractivity contribution in [3.63, 3.8) is 0 Å². The first kappa shape index (κ1) is 16.1. The van der Waals surface area contributed by atoms with Crippen LogP contribution in [0.25, 0.3) is 0 Å². The highest BCUT2D eigenvalue weighted by atomic mass is 35.5. The lowest BCUT2D eigenvalue weighted by molar-refractivity contribution is -0.133. The Morgan fingerprint density at radius 1 is 1.39 bits per heavy atom. The van der Waals surface area contributed by atoms with Gasteiger partial charge in [-0.2, -0.15) is 10.2 Å². The zero-order valence-electron chi connectivity index (χ0n) is 13.8. The van der Waals surface area contributed by atoms with E-state index in [1.807, 2.05) is 42.7 Å². The summed E-state index contributed by atoms with van der Waals surface area (Å²) < 4.78 is 3.68. The van der Waals surface area contributed by atoms with Crippen LogP contribution in [0.3, 0.4) is 0 Å². The molecule has 124 valence electrons. The van der Waals surface area contributed by atoms with Gasteiger partial charge >= 0.3 is 0 Å². The predicted molar refractivity (Wildman–Crippen MR) is 88.5 cm³/mol. The van der Waals surface area contributed by atoms with Gasteiger partial charge in [-0.25, -0.2) is 0 Å². The van der Waals surface area contributed by atoms with E-state index in [0.717, 1.165) is 36.3 Å². The Morgan fingerprint density at radius 3 is 2.78 bits per heavy atom. The molecule has 2 aromatic rings. The number of aromatic nitrogens is 4. The lowest BCUT2D eigenvalue weighted by Crippen LogP contribution is -2.42. The molecule has 1 atom stereocenters. The minimum atomic E-state index is 0.0841. The SMILES string of the molecule is Cc1cnn(C2CCCN(C(=O)Cn3nc(C)c(Cl)c3C)C2)c1. The summed E-state index contributed by atoms with van der Waals surface area (Å²) in [4.78, 5) is 14.5. The molecule has 1 aliphatic rings. The second-order valence-corrected chi connectivity index (χ2v) is 6.65. The molecule has 0 radical (unpaired) electrons. The molecule has 7 heteroatoms. The van der Waals surface area contributed by atoms with E-state index in [2.05, 4.69) is 10.2 Å². The van der Waals surface area contributed by atoms with Gasteiger partial charge < -0.3 is 4.90 Å². The minimum absolute atomic E-state index is 0.0841. The topological polar surface area (TPSA) is 56.0 Å². The summed E-state index contributed by atoms with van der Waals surface area (Å²) in [5.74, 6) is 0.0841. The molecule has 3 rings (SSSR count). The number of amides is 1. The highest BCUT2D eigenvalue weighted by Gasteiger charge is 2.26. The van der Waals surface area contributed by atoms with E-state index in [1.165, 1.54) is 0 Å². The maximum atomic E-state index is 12.6. The molecule has 23 heavy (non-hydrogen) atoms. The third kappa shape index (κ3) is 3.27. The number of carbonyl (C=O) groups excluding carboxylic acids is 1. The fourth-order valence-electron chi connectivity index (χ4n) is 3.09. The molecule has 0 saturated carbocycles.